The summed E-state index contributed by atoms with van der Waals surface area (Å²) in [5.74, 6) is -0.367. The molecule has 1 heterocycles. The van der Waals surface area contributed by atoms with E-state index in [0.29, 0.717) is 18.3 Å². The number of hydrogen-bond donors (Lipinski definition) is 1. The molecule has 0 aliphatic carbocycles. The van der Waals surface area contributed by atoms with Gasteiger partial charge in [-0.2, -0.15) is 0 Å². The SMILES string of the molecule is Cc1cccc(CN(Cc2ccc(C(=O)O)o2)C(C)C)c1. The van der Waals surface area contributed by atoms with Crippen molar-refractivity contribution in [1.82, 2.24) is 4.90 Å². The van der Waals surface area contributed by atoms with Crippen molar-refractivity contribution in [1.29, 1.82) is 0 Å². The lowest BCUT2D eigenvalue weighted by Crippen LogP contribution is -2.29. The highest BCUT2D eigenvalue weighted by molar-refractivity contribution is 5.84. The first-order chi connectivity index (χ1) is 9.95. The van der Waals surface area contributed by atoms with Gasteiger partial charge in [0.15, 0.2) is 0 Å². The van der Waals surface area contributed by atoms with Gasteiger partial charge in [0.2, 0.25) is 5.76 Å². The van der Waals surface area contributed by atoms with E-state index in [1.807, 2.05) is 0 Å². The number of aryl methyl sites for hydroxylation is 1. The van der Waals surface area contributed by atoms with Crippen molar-refractivity contribution >= 4 is 5.97 Å². The van der Waals surface area contributed by atoms with Crippen molar-refractivity contribution in [3.05, 3.63) is 59.0 Å². The number of aromatic carboxylic acids is 1. The highest BCUT2D eigenvalue weighted by Gasteiger charge is 2.15. The van der Waals surface area contributed by atoms with E-state index in [1.165, 1.54) is 17.2 Å². The first kappa shape index (κ1) is 15.3. The van der Waals surface area contributed by atoms with Crippen molar-refractivity contribution in [3.8, 4) is 0 Å². The van der Waals surface area contributed by atoms with E-state index in [1.54, 1.807) is 6.07 Å². The van der Waals surface area contributed by atoms with Gasteiger partial charge >= 0.3 is 5.97 Å². The van der Waals surface area contributed by atoms with Gasteiger partial charge in [-0.05, 0) is 38.5 Å². The van der Waals surface area contributed by atoms with Gasteiger partial charge in [0.1, 0.15) is 5.76 Å². The molecule has 0 radical (unpaired) electrons. The minimum atomic E-state index is -1.03. The molecule has 0 spiro atoms. The van der Waals surface area contributed by atoms with Gasteiger partial charge in [-0.25, -0.2) is 4.79 Å². The summed E-state index contributed by atoms with van der Waals surface area (Å²) in [6, 6.07) is 12.0. The van der Waals surface area contributed by atoms with E-state index < -0.39 is 5.97 Å². The minimum absolute atomic E-state index is 0.00994. The van der Waals surface area contributed by atoms with Gasteiger partial charge in [-0.1, -0.05) is 29.8 Å². The summed E-state index contributed by atoms with van der Waals surface area (Å²) < 4.78 is 5.35. The van der Waals surface area contributed by atoms with E-state index in [9.17, 15) is 4.79 Å². The Kier molecular flexibility index (Phi) is 4.81. The van der Waals surface area contributed by atoms with Gasteiger partial charge in [-0.3, -0.25) is 4.90 Å². The molecule has 0 atom stereocenters. The standard InChI is InChI=1S/C17H21NO3/c1-12(2)18(10-14-6-4-5-13(3)9-14)11-15-7-8-16(21-15)17(19)20/h4-9,12H,10-11H2,1-3H3,(H,19,20). The molecule has 2 aromatic rings. The summed E-state index contributed by atoms with van der Waals surface area (Å²) >= 11 is 0. The normalized spacial score (nSPS) is 11.3. The monoisotopic (exact) mass is 287 g/mol. The van der Waals surface area contributed by atoms with E-state index in [0.717, 1.165) is 6.54 Å². The van der Waals surface area contributed by atoms with E-state index in [2.05, 4.69) is 49.9 Å². The predicted octanol–water partition coefficient (Wildman–Crippen LogP) is 3.70. The molecule has 0 fully saturated rings. The minimum Gasteiger partial charge on any atom is -0.475 e. The number of carboxylic acids is 1. The highest BCUT2D eigenvalue weighted by atomic mass is 16.4. The molecule has 0 aliphatic heterocycles. The average Bonchev–Trinajstić information content (AvgIpc) is 2.86. The van der Waals surface area contributed by atoms with Crippen LogP contribution in [0.5, 0.6) is 0 Å². The van der Waals surface area contributed by atoms with Crippen molar-refractivity contribution < 1.29 is 14.3 Å². The number of carboxylic acid groups (broad SMARTS) is 1. The molecule has 4 heteroatoms. The zero-order valence-corrected chi connectivity index (χ0v) is 12.7. The van der Waals surface area contributed by atoms with Crippen LogP contribution in [0.25, 0.3) is 0 Å². The van der Waals surface area contributed by atoms with E-state index in [-0.39, 0.29) is 5.76 Å². The summed E-state index contributed by atoms with van der Waals surface area (Å²) in [6.45, 7) is 7.73. The molecule has 112 valence electrons. The predicted molar refractivity (Wildman–Crippen MR) is 81.2 cm³/mol. The Labute approximate surface area is 125 Å². The molecule has 1 aromatic carbocycles. The van der Waals surface area contributed by atoms with Crippen LogP contribution in [-0.2, 0) is 13.1 Å². The van der Waals surface area contributed by atoms with Crippen LogP contribution in [0.1, 0.15) is 41.3 Å². The fourth-order valence-electron chi connectivity index (χ4n) is 2.24. The smallest absolute Gasteiger partial charge is 0.371 e. The summed E-state index contributed by atoms with van der Waals surface area (Å²) in [6.07, 6.45) is 0. The maximum atomic E-state index is 10.9. The Morgan fingerprint density at radius 1 is 1.24 bits per heavy atom. The molecule has 0 amide bonds. The topological polar surface area (TPSA) is 53.7 Å². The summed E-state index contributed by atoms with van der Waals surface area (Å²) in [5, 5.41) is 8.90. The Bertz CT molecular complexity index is 616. The molecular weight excluding hydrogens is 266 g/mol. The van der Waals surface area contributed by atoms with Crippen LogP contribution in [0.15, 0.2) is 40.8 Å². The second-order valence-corrected chi connectivity index (χ2v) is 5.56. The van der Waals surface area contributed by atoms with Crippen LogP contribution in [0.3, 0.4) is 0 Å². The van der Waals surface area contributed by atoms with E-state index >= 15 is 0 Å². The van der Waals surface area contributed by atoms with Gasteiger partial charge in [0.25, 0.3) is 0 Å². The Balaban J connectivity index is 2.10. The van der Waals surface area contributed by atoms with Crippen LogP contribution in [-0.4, -0.2) is 22.0 Å². The average molecular weight is 287 g/mol. The molecular formula is C17H21NO3. The number of hydrogen-bond acceptors (Lipinski definition) is 3. The Morgan fingerprint density at radius 3 is 2.57 bits per heavy atom. The van der Waals surface area contributed by atoms with Crippen molar-refractivity contribution in [2.45, 2.75) is 39.9 Å². The molecule has 0 saturated carbocycles. The molecule has 0 bridgehead atoms. The molecule has 0 unspecified atom stereocenters. The van der Waals surface area contributed by atoms with Crippen molar-refractivity contribution in [2.75, 3.05) is 0 Å². The Hall–Kier alpha value is -2.07. The fraction of sp³-hybridized carbons (Fsp3) is 0.353. The Morgan fingerprint density at radius 2 is 2.00 bits per heavy atom. The second-order valence-electron chi connectivity index (χ2n) is 5.56. The zero-order valence-electron chi connectivity index (χ0n) is 12.7. The lowest BCUT2D eigenvalue weighted by atomic mass is 10.1. The van der Waals surface area contributed by atoms with Crippen LogP contribution in [0.2, 0.25) is 0 Å². The molecule has 21 heavy (non-hydrogen) atoms. The molecule has 0 aliphatic rings. The van der Waals surface area contributed by atoms with Crippen LogP contribution in [0, 0.1) is 6.92 Å². The van der Waals surface area contributed by atoms with Gasteiger partial charge in [-0.15, -0.1) is 0 Å². The van der Waals surface area contributed by atoms with Crippen molar-refractivity contribution in [2.24, 2.45) is 0 Å². The number of furan rings is 1. The largest absolute Gasteiger partial charge is 0.475 e. The van der Waals surface area contributed by atoms with Crippen LogP contribution in [0.4, 0.5) is 0 Å². The number of rotatable bonds is 6. The van der Waals surface area contributed by atoms with Gasteiger partial charge < -0.3 is 9.52 Å². The quantitative estimate of drug-likeness (QED) is 0.880. The van der Waals surface area contributed by atoms with Crippen molar-refractivity contribution in [3.63, 3.8) is 0 Å². The number of nitrogens with zero attached hydrogens (tertiary/aromatic N) is 1. The van der Waals surface area contributed by atoms with Gasteiger partial charge in [0.05, 0.1) is 6.54 Å². The molecule has 1 aromatic heterocycles. The lowest BCUT2D eigenvalue weighted by molar-refractivity contribution is 0.0657. The second kappa shape index (κ2) is 6.59. The third kappa shape index (κ3) is 4.20. The van der Waals surface area contributed by atoms with E-state index in [4.69, 9.17) is 9.52 Å². The number of benzene rings is 1. The third-order valence-corrected chi connectivity index (χ3v) is 3.43. The fourth-order valence-corrected chi connectivity index (χ4v) is 2.24. The third-order valence-electron chi connectivity index (χ3n) is 3.43. The lowest BCUT2D eigenvalue weighted by Gasteiger charge is -2.25. The molecule has 2 rings (SSSR count). The molecule has 0 saturated heterocycles. The first-order valence-electron chi connectivity index (χ1n) is 7.07. The zero-order chi connectivity index (χ0) is 15.4. The molecule has 1 N–H and O–H groups in total. The molecule has 4 nitrogen and oxygen atoms in total. The maximum Gasteiger partial charge on any atom is 0.371 e. The summed E-state index contributed by atoms with van der Waals surface area (Å²) in [4.78, 5) is 13.1. The summed E-state index contributed by atoms with van der Waals surface area (Å²) in [7, 11) is 0. The highest BCUT2D eigenvalue weighted by Crippen LogP contribution is 2.16. The maximum absolute atomic E-state index is 10.9. The van der Waals surface area contributed by atoms with Crippen LogP contribution >= 0.6 is 0 Å². The number of carbonyl (C=O) groups is 1. The summed E-state index contributed by atoms with van der Waals surface area (Å²) in [5.41, 5.74) is 2.48. The first-order valence-corrected chi connectivity index (χ1v) is 7.07. The van der Waals surface area contributed by atoms with Crippen LogP contribution < -0.4 is 0 Å². The van der Waals surface area contributed by atoms with Gasteiger partial charge in [0, 0.05) is 12.6 Å².